The van der Waals surface area contributed by atoms with Crippen LogP contribution in [-0.4, -0.2) is 50.9 Å². The van der Waals surface area contributed by atoms with Gasteiger partial charge in [-0.05, 0) is 42.0 Å². The topological polar surface area (TPSA) is 73.6 Å². The van der Waals surface area contributed by atoms with E-state index in [0.717, 1.165) is 12.3 Å². The summed E-state index contributed by atoms with van der Waals surface area (Å²) in [5.41, 5.74) is 1.63. The third-order valence-corrected chi connectivity index (χ3v) is 6.43. The van der Waals surface area contributed by atoms with Gasteiger partial charge in [0.05, 0.1) is 23.6 Å². The van der Waals surface area contributed by atoms with Crippen molar-refractivity contribution in [3.8, 4) is 11.8 Å². The molecule has 136 valence electrons. The smallest absolute Gasteiger partial charge is 0.243 e. The normalized spacial score (nSPS) is 16.2. The molecule has 0 radical (unpaired) electrons. The number of benzene rings is 2. The second-order valence-corrected chi connectivity index (χ2v) is 8.10. The summed E-state index contributed by atoms with van der Waals surface area (Å²) in [6.07, 6.45) is 0. The number of hydrogen-bond acceptors (Lipinski definition) is 5. The minimum absolute atomic E-state index is 0.236. The summed E-state index contributed by atoms with van der Waals surface area (Å²) in [4.78, 5) is 2.48. The molecule has 2 aromatic rings. The number of hydrogen-bond donors (Lipinski definition) is 0. The number of piperazine rings is 1. The molecule has 0 bridgehead atoms. The molecule has 26 heavy (non-hydrogen) atoms. The lowest BCUT2D eigenvalue weighted by molar-refractivity contribution is 0.181. The molecule has 0 aromatic heterocycles. The second kappa shape index (κ2) is 7.87. The van der Waals surface area contributed by atoms with Gasteiger partial charge in [-0.2, -0.15) is 9.57 Å². The minimum Gasteiger partial charge on any atom is -0.497 e. The monoisotopic (exact) mass is 371 g/mol. The van der Waals surface area contributed by atoms with Crippen LogP contribution < -0.4 is 4.74 Å². The minimum atomic E-state index is -3.51. The highest BCUT2D eigenvalue weighted by Crippen LogP contribution is 2.19. The lowest BCUT2D eigenvalue weighted by Crippen LogP contribution is -2.48. The summed E-state index contributed by atoms with van der Waals surface area (Å²) < 4.78 is 32.1. The van der Waals surface area contributed by atoms with Gasteiger partial charge in [-0.25, -0.2) is 8.42 Å². The fourth-order valence-corrected chi connectivity index (χ4v) is 4.39. The Morgan fingerprint density at radius 3 is 2.15 bits per heavy atom. The van der Waals surface area contributed by atoms with E-state index in [1.54, 1.807) is 7.11 Å². The Morgan fingerprint density at radius 1 is 1.00 bits per heavy atom. The quantitative estimate of drug-likeness (QED) is 0.804. The van der Waals surface area contributed by atoms with Gasteiger partial charge in [0.25, 0.3) is 0 Å². The van der Waals surface area contributed by atoms with Crippen molar-refractivity contribution in [1.29, 1.82) is 5.26 Å². The first kappa shape index (κ1) is 18.4. The molecule has 1 aliphatic heterocycles. The van der Waals surface area contributed by atoms with Gasteiger partial charge in [-0.1, -0.05) is 12.1 Å². The van der Waals surface area contributed by atoms with Gasteiger partial charge in [0, 0.05) is 32.7 Å². The summed E-state index contributed by atoms with van der Waals surface area (Å²) in [6.45, 7) is 3.06. The zero-order valence-electron chi connectivity index (χ0n) is 14.6. The Hall–Kier alpha value is -2.40. The Bertz CT molecular complexity index is 879. The zero-order valence-corrected chi connectivity index (χ0v) is 15.4. The Labute approximate surface area is 154 Å². The molecule has 0 spiro atoms. The number of methoxy groups -OCH3 is 1. The molecular weight excluding hydrogens is 350 g/mol. The van der Waals surface area contributed by atoms with Crippen molar-refractivity contribution in [2.75, 3.05) is 33.3 Å². The predicted molar refractivity (Wildman–Crippen MR) is 98.2 cm³/mol. The van der Waals surface area contributed by atoms with E-state index in [4.69, 9.17) is 10.00 Å². The van der Waals surface area contributed by atoms with Crippen molar-refractivity contribution in [2.45, 2.75) is 11.4 Å². The Morgan fingerprint density at radius 2 is 1.62 bits per heavy atom. The molecule has 0 amide bonds. The van der Waals surface area contributed by atoms with Crippen LogP contribution in [0.2, 0.25) is 0 Å². The largest absolute Gasteiger partial charge is 0.497 e. The van der Waals surface area contributed by atoms with E-state index >= 15 is 0 Å². The van der Waals surface area contributed by atoms with E-state index in [1.807, 2.05) is 30.3 Å². The molecule has 3 rings (SSSR count). The highest BCUT2D eigenvalue weighted by Gasteiger charge is 2.28. The van der Waals surface area contributed by atoms with E-state index in [-0.39, 0.29) is 4.90 Å². The molecule has 0 unspecified atom stereocenters. The number of nitriles is 1. The predicted octanol–water partition coefficient (Wildman–Crippen LogP) is 2.07. The van der Waals surface area contributed by atoms with Gasteiger partial charge in [-0.3, -0.25) is 4.90 Å². The van der Waals surface area contributed by atoms with Crippen molar-refractivity contribution in [3.05, 3.63) is 59.7 Å². The van der Waals surface area contributed by atoms with E-state index in [0.29, 0.717) is 31.7 Å². The second-order valence-electron chi connectivity index (χ2n) is 6.16. The standard InChI is InChI=1S/C19H21N3O3S/c1-25-18-6-2-17(3-7-18)15-21-10-12-22(13-11-21)26(23,24)19-8-4-16(14-20)5-9-19/h2-9H,10-13,15H2,1H3. The molecule has 0 saturated carbocycles. The van der Waals surface area contributed by atoms with E-state index in [1.165, 1.54) is 34.1 Å². The zero-order chi connectivity index (χ0) is 18.6. The molecule has 1 aliphatic rings. The molecular formula is C19H21N3O3S. The summed E-state index contributed by atoms with van der Waals surface area (Å²) in [5.74, 6) is 0.826. The van der Waals surface area contributed by atoms with E-state index in [2.05, 4.69) is 4.90 Å². The first-order valence-electron chi connectivity index (χ1n) is 8.38. The maximum Gasteiger partial charge on any atom is 0.243 e. The summed E-state index contributed by atoms with van der Waals surface area (Å²) >= 11 is 0. The van der Waals surface area contributed by atoms with Gasteiger partial charge in [0.1, 0.15) is 5.75 Å². The number of rotatable bonds is 5. The van der Waals surface area contributed by atoms with Crippen molar-refractivity contribution in [2.24, 2.45) is 0 Å². The van der Waals surface area contributed by atoms with Crippen LogP contribution in [0.3, 0.4) is 0 Å². The van der Waals surface area contributed by atoms with Crippen molar-refractivity contribution < 1.29 is 13.2 Å². The third kappa shape index (κ3) is 4.05. The number of sulfonamides is 1. The Kier molecular flexibility index (Phi) is 5.57. The highest BCUT2D eigenvalue weighted by atomic mass is 32.2. The van der Waals surface area contributed by atoms with Gasteiger partial charge < -0.3 is 4.74 Å². The van der Waals surface area contributed by atoms with Crippen LogP contribution >= 0.6 is 0 Å². The van der Waals surface area contributed by atoms with Crippen LogP contribution in [-0.2, 0) is 16.6 Å². The molecule has 1 heterocycles. The summed E-state index contributed by atoms with van der Waals surface area (Å²) in [5, 5.41) is 8.84. The van der Waals surface area contributed by atoms with Crippen molar-refractivity contribution >= 4 is 10.0 Å². The lowest BCUT2D eigenvalue weighted by Gasteiger charge is -2.34. The molecule has 7 heteroatoms. The van der Waals surface area contributed by atoms with Crippen molar-refractivity contribution in [3.63, 3.8) is 0 Å². The number of ether oxygens (including phenoxy) is 1. The molecule has 0 atom stereocenters. The lowest BCUT2D eigenvalue weighted by atomic mass is 10.2. The Balaban J connectivity index is 1.60. The van der Waals surface area contributed by atoms with Crippen LogP contribution in [0.5, 0.6) is 5.75 Å². The molecule has 1 saturated heterocycles. The highest BCUT2D eigenvalue weighted by molar-refractivity contribution is 7.89. The molecule has 2 aromatic carbocycles. The van der Waals surface area contributed by atoms with Gasteiger partial charge in [0.2, 0.25) is 10.0 Å². The van der Waals surface area contributed by atoms with Gasteiger partial charge in [0.15, 0.2) is 0 Å². The van der Waals surface area contributed by atoms with Crippen LogP contribution in [0.1, 0.15) is 11.1 Å². The molecule has 0 N–H and O–H groups in total. The van der Waals surface area contributed by atoms with E-state index in [9.17, 15) is 8.42 Å². The van der Waals surface area contributed by atoms with Gasteiger partial charge in [-0.15, -0.1) is 0 Å². The average molecular weight is 371 g/mol. The maximum atomic E-state index is 12.7. The first-order chi connectivity index (χ1) is 12.5. The number of nitrogens with zero attached hydrogens (tertiary/aromatic N) is 3. The van der Waals surface area contributed by atoms with Crippen LogP contribution in [0, 0.1) is 11.3 Å². The van der Waals surface area contributed by atoms with E-state index < -0.39 is 10.0 Å². The van der Waals surface area contributed by atoms with Crippen LogP contribution in [0.15, 0.2) is 53.4 Å². The average Bonchev–Trinajstić information content (AvgIpc) is 2.69. The first-order valence-corrected chi connectivity index (χ1v) is 9.82. The maximum absolute atomic E-state index is 12.7. The molecule has 0 aliphatic carbocycles. The SMILES string of the molecule is COc1ccc(CN2CCN(S(=O)(=O)c3ccc(C#N)cc3)CC2)cc1. The fourth-order valence-electron chi connectivity index (χ4n) is 2.97. The van der Waals surface area contributed by atoms with Gasteiger partial charge >= 0.3 is 0 Å². The van der Waals surface area contributed by atoms with Crippen LogP contribution in [0.25, 0.3) is 0 Å². The summed E-state index contributed by atoms with van der Waals surface area (Å²) in [6, 6.07) is 16.0. The van der Waals surface area contributed by atoms with Crippen LogP contribution in [0.4, 0.5) is 0 Å². The molecule has 1 fully saturated rings. The fraction of sp³-hybridized carbons (Fsp3) is 0.316. The molecule has 6 nitrogen and oxygen atoms in total. The third-order valence-electron chi connectivity index (χ3n) is 4.52. The van der Waals surface area contributed by atoms with Crippen molar-refractivity contribution in [1.82, 2.24) is 9.21 Å². The summed E-state index contributed by atoms with van der Waals surface area (Å²) in [7, 11) is -1.87.